The maximum atomic E-state index is 12.9. The summed E-state index contributed by atoms with van der Waals surface area (Å²) >= 11 is 0. The second-order valence-corrected chi connectivity index (χ2v) is 8.23. The summed E-state index contributed by atoms with van der Waals surface area (Å²) in [6, 6.07) is 2.94. The van der Waals surface area contributed by atoms with E-state index in [1.807, 2.05) is 0 Å². The minimum absolute atomic E-state index is 0.0949. The van der Waals surface area contributed by atoms with Crippen LogP contribution in [0.1, 0.15) is 25.7 Å². The van der Waals surface area contributed by atoms with E-state index in [1.165, 1.54) is 22.6 Å². The Morgan fingerprint density at radius 3 is 2.38 bits per heavy atom. The molecule has 0 radical (unpaired) electrons. The lowest BCUT2D eigenvalue weighted by molar-refractivity contribution is -0.176. The summed E-state index contributed by atoms with van der Waals surface area (Å²) < 4.78 is 65.0. The topological polar surface area (TPSA) is 53.5 Å². The van der Waals surface area contributed by atoms with Gasteiger partial charge < -0.3 is 4.90 Å². The molecule has 0 bridgehead atoms. The molecular formula is C15H20F3N3O2S. The summed E-state index contributed by atoms with van der Waals surface area (Å²) in [5.74, 6) is -0.967. The van der Waals surface area contributed by atoms with E-state index in [9.17, 15) is 21.6 Å². The van der Waals surface area contributed by atoms with Gasteiger partial charge in [0.1, 0.15) is 10.7 Å². The highest BCUT2D eigenvalue weighted by Crippen LogP contribution is 2.34. The van der Waals surface area contributed by atoms with Crippen molar-refractivity contribution >= 4 is 15.8 Å². The number of sulfonamides is 1. The Bertz CT molecular complexity index is 670. The van der Waals surface area contributed by atoms with Crippen molar-refractivity contribution in [2.45, 2.75) is 36.8 Å². The predicted octanol–water partition coefficient (Wildman–Crippen LogP) is 2.64. The lowest BCUT2D eigenvalue weighted by atomic mass is 9.97. The van der Waals surface area contributed by atoms with Gasteiger partial charge in [0.15, 0.2) is 0 Å². The number of aromatic nitrogens is 1. The number of alkyl halides is 3. The average Bonchev–Trinajstić information content (AvgIpc) is 3.10. The molecule has 9 heteroatoms. The number of rotatable bonds is 3. The Morgan fingerprint density at radius 2 is 1.79 bits per heavy atom. The Hall–Kier alpha value is -1.35. The third-order valence-corrected chi connectivity index (χ3v) is 6.51. The SMILES string of the molecule is O=S(=O)(c1ccc(N2CCC[C@@H](C(F)(F)F)C2)nc1)N1CCCC1. The fourth-order valence-corrected chi connectivity index (χ4v) is 4.71. The molecule has 5 nitrogen and oxygen atoms in total. The van der Waals surface area contributed by atoms with Crippen LogP contribution in [-0.2, 0) is 10.0 Å². The highest BCUT2D eigenvalue weighted by atomic mass is 32.2. The molecule has 0 spiro atoms. The first-order valence-corrected chi connectivity index (χ1v) is 9.50. The zero-order valence-corrected chi connectivity index (χ0v) is 14.0. The molecule has 2 aliphatic rings. The molecule has 2 aliphatic heterocycles. The highest BCUT2D eigenvalue weighted by molar-refractivity contribution is 7.89. The van der Waals surface area contributed by atoms with Crippen molar-refractivity contribution in [3.8, 4) is 0 Å². The molecule has 24 heavy (non-hydrogen) atoms. The van der Waals surface area contributed by atoms with Crippen molar-refractivity contribution in [3.05, 3.63) is 18.3 Å². The van der Waals surface area contributed by atoms with Crippen LogP contribution in [0.15, 0.2) is 23.2 Å². The van der Waals surface area contributed by atoms with E-state index in [0.717, 1.165) is 12.8 Å². The van der Waals surface area contributed by atoms with Gasteiger partial charge in [0.05, 0.1) is 5.92 Å². The number of hydrogen-bond donors (Lipinski definition) is 0. The van der Waals surface area contributed by atoms with E-state index in [2.05, 4.69) is 4.98 Å². The van der Waals surface area contributed by atoms with E-state index in [1.54, 1.807) is 4.90 Å². The summed E-state index contributed by atoms with van der Waals surface area (Å²) in [6.45, 7) is 1.37. The number of nitrogens with zero attached hydrogens (tertiary/aromatic N) is 3. The average molecular weight is 363 g/mol. The molecule has 1 atom stereocenters. The van der Waals surface area contributed by atoms with Crippen LogP contribution in [0.25, 0.3) is 0 Å². The molecule has 0 aromatic carbocycles. The number of pyridine rings is 1. The molecule has 0 saturated carbocycles. The molecule has 1 aromatic rings. The summed E-state index contributed by atoms with van der Waals surface area (Å²) in [4.78, 5) is 5.78. The molecule has 0 unspecified atom stereocenters. The van der Waals surface area contributed by atoms with E-state index in [-0.39, 0.29) is 17.9 Å². The van der Waals surface area contributed by atoms with Gasteiger partial charge in [-0.2, -0.15) is 17.5 Å². The highest BCUT2D eigenvalue weighted by Gasteiger charge is 2.42. The monoisotopic (exact) mass is 363 g/mol. The Kier molecular flexibility index (Phi) is 4.74. The lowest BCUT2D eigenvalue weighted by Gasteiger charge is -2.34. The molecule has 134 valence electrons. The summed E-state index contributed by atoms with van der Waals surface area (Å²) in [5.41, 5.74) is 0. The second-order valence-electron chi connectivity index (χ2n) is 6.29. The van der Waals surface area contributed by atoms with Gasteiger partial charge in [0.25, 0.3) is 0 Å². The third kappa shape index (κ3) is 3.51. The minimum Gasteiger partial charge on any atom is -0.356 e. The van der Waals surface area contributed by atoms with Crippen molar-refractivity contribution < 1.29 is 21.6 Å². The predicted molar refractivity (Wildman–Crippen MR) is 83.2 cm³/mol. The normalized spacial score (nSPS) is 23.6. The quantitative estimate of drug-likeness (QED) is 0.829. The summed E-state index contributed by atoms with van der Waals surface area (Å²) in [5, 5.41) is 0. The maximum absolute atomic E-state index is 12.9. The Labute approximate surface area is 139 Å². The zero-order chi connectivity index (χ0) is 17.4. The van der Waals surface area contributed by atoms with E-state index in [0.29, 0.717) is 31.9 Å². The fraction of sp³-hybridized carbons (Fsp3) is 0.667. The number of halogens is 3. The van der Waals surface area contributed by atoms with Crippen molar-refractivity contribution in [2.75, 3.05) is 31.1 Å². The summed E-state index contributed by atoms with van der Waals surface area (Å²) in [6.07, 6.45) is -0.701. The lowest BCUT2D eigenvalue weighted by Crippen LogP contribution is -2.42. The molecule has 0 aliphatic carbocycles. The molecule has 0 N–H and O–H groups in total. The van der Waals surface area contributed by atoms with Crippen LogP contribution < -0.4 is 4.90 Å². The first-order chi connectivity index (χ1) is 11.3. The molecule has 3 heterocycles. The standard InChI is InChI=1S/C15H20F3N3O2S/c16-15(17,18)12-4-3-7-20(11-12)14-6-5-13(10-19-14)24(22,23)21-8-1-2-9-21/h5-6,10,12H,1-4,7-9,11H2/t12-/m1/s1. The van der Waals surface area contributed by atoms with Gasteiger partial charge in [-0.3, -0.25) is 0 Å². The van der Waals surface area contributed by atoms with E-state index < -0.39 is 22.1 Å². The third-order valence-electron chi connectivity index (χ3n) is 4.63. The maximum Gasteiger partial charge on any atom is 0.393 e. The summed E-state index contributed by atoms with van der Waals surface area (Å²) in [7, 11) is -3.55. The van der Waals surface area contributed by atoms with Crippen LogP contribution in [0, 0.1) is 5.92 Å². The number of piperidine rings is 1. The van der Waals surface area contributed by atoms with Crippen LogP contribution in [0.3, 0.4) is 0 Å². The van der Waals surface area contributed by atoms with E-state index >= 15 is 0 Å². The smallest absolute Gasteiger partial charge is 0.356 e. The number of hydrogen-bond acceptors (Lipinski definition) is 4. The first kappa shape index (κ1) is 17.5. The van der Waals surface area contributed by atoms with Crippen molar-refractivity contribution in [1.82, 2.24) is 9.29 Å². The number of anilines is 1. The first-order valence-electron chi connectivity index (χ1n) is 8.06. The molecule has 2 saturated heterocycles. The van der Waals surface area contributed by atoms with Crippen molar-refractivity contribution in [1.29, 1.82) is 0 Å². The molecule has 1 aromatic heterocycles. The molecule has 3 rings (SSSR count). The van der Waals surface area contributed by atoms with Crippen LogP contribution >= 0.6 is 0 Å². The van der Waals surface area contributed by atoms with E-state index in [4.69, 9.17) is 0 Å². The van der Waals surface area contributed by atoms with Gasteiger partial charge in [0, 0.05) is 32.4 Å². The van der Waals surface area contributed by atoms with Gasteiger partial charge in [-0.15, -0.1) is 0 Å². The molecular weight excluding hydrogens is 343 g/mol. The van der Waals surface area contributed by atoms with Gasteiger partial charge in [-0.25, -0.2) is 13.4 Å². The fourth-order valence-electron chi connectivity index (χ4n) is 3.24. The van der Waals surface area contributed by atoms with Gasteiger partial charge in [-0.1, -0.05) is 0 Å². The van der Waals surface area contributed by atoms with Crippen LogP contribution in [0.4, 0.5) is 19.0 Å². The van der Waals surface area contributed by atoms with Crippen LogP contribution in [-0.4, -0.2) is 50.1 Å². The van der Waals surface area contributed by atoms with Crippen LogP contribution in [0.2, 0.25) is 0 Å². The second kappa shape index (κ2) is 6.51. The Morgan fingerprint density at radius 1 is 1.08 bits per heavy atom. The van der Waals surface area contributed by atoms with Crippen molar-refractivity contribution in [3.63, 3.8) is 0 Å². The van der Waals surface area contributed by atoms with Gasteiger partial charge in [-0.05, 0) is 37.8 Å². The van der Waals surface area contributed by atoms with Crippen LogP contribution in [0.5, 0.6) is 0 Å². The molecule has 2 fully saturated rings. The van der Waals surface area contributed by atoms with Gasteiger partial charge in [0.2, 0.25) is 10.0 Å². The van der Waals surface area contributed by atoms with Crippen molar-refractivity contribution in [2.24, 2.45) is 5.92 Å². The Balaban J connectivity index is 1.75. The minimum atomic E-state index is -4.21. The largest absolute Gasteiger partial charge is 0.393 e. The van der Waals surface area contributed by atoms with Gasteiger partial charge >= 0.3 is 6.18 Å². The molecule has 0 amide bonds. The zero-order valence-electron chi connectivity index (χ0n) is 13.2.